The molecule has 0 bridgehead atoms. The first-order chi connectivity index (χ1) is 7.99. The molecule has 1 atom stereocenters. The molecule has 2 nitrogen and oxygen atoms in total. The lowest BCUT2D eigenvalue weighted by molar-refractivity contribution is 0.594. The largest absolute Gasteiger partial charge is 0.224 e. The molecule has 1 unspecified atom stereocenters. The van der Waals surface area contributed by atoms with Gasteiger partial charge in [0.05, 0.1) is 10.6 Å². The lowest BCUT2D eigenvalue weighted by Crippen LogP contribution is -2.06. The van der Waals surface area contributed by atoms with E-state index in [9.17, 15) is 8.42 Å². The van der Waals surface area contributed by atoms with Crippen LogP contribution in [0, 0.1) is 0 Å². The summed E-state index contributed by atoms with van der Waals surface area (Å²) in [6.07, 6.45) is 2.34. The maximum atomic E-state index is 11.8. The predicted octanol–water partition coefficient (Wildman–Crippen LogP) is 3.43. The average molecular weight is 275 g/mol. The highest BCUT2D eigenvalue weighted by molar-refractivity contribution is 7.91. The first-order valence-corrected chi connectivity index (χ1v) is 8.04. The fourth-order valence-corrected chi connectivity index (χ4v) is 3.12. The van der Waals surface area contributed by atoms with Crippen LogP contribution in [0.4, 0.5) is 0 Å². The molecule has 0 saturated carbocycles. The van der Waals surface area contributed by atoms with Gasteiger partial charge >= 0.3 is 0 Å². The predicted molar refractivity (Wildman–Crippen MR) is 72.4 cm³/mol. The molecule has 0 radical (unpaired) electrons. The molecule has 0 aliphatic heterocycles. The van der Waals surface area contributed by atoms with E-state index in [2.05, 4.69) is 0 Å². The van der Waals surface area contributed by atoms with Crippen molar-refractivity contribution in [2.45, 2.75) is 43.4 Å². The van der Waals surface area contributed by atoms with Crippen molar-refractivity contribution in [1.29, 1.82) is 0 Å². The molecule has 4 heteroatoms. The average Bonchev–Trinajstić information content (AvgIpc) is 2.29. The van der Waals surface area contributed by atoms with E-state index < -0.39 is 9.84 Å². The molecule has 0 aliphatic rings. The fourth-order valence-electron chi connectivity index (χ4n) is 1.62. The highest BCUT2D eigenvalue weighted by Gasteiger charge is 2.12. The van der Waals surface area contributed by atoms with Crippen molar-refractivity contribution < 1.29 is 8.42 Å². The van der Waals surface area contributed by atoms with Gasteiger partial charge in [-0.2, -0.15) is 0 Å². The standard InChI is InChI=1S/C13H19ClO2S/c1-3-9-17(15,16)13-7-5-11(6-8-13)10-12(14)4-2/h5-8,12H,3-4,9-10H2,1-2H3. The maximum absolute atomic E-state index is 11.8. The van der Waals surface area contributed by atoms with Crippen LogP contribution in [0.3, 0.4) is 0 Å². The van der Waals surface area contributed by atoms with Gasteiger partial charge in [-0.1, -0.05) is 26.0 Å². The normalized spacial score (nSPS) is 13.6. The maximum Gasteiger partial charge on any atom is 0.178 e. The van der Waals surface area contributed by atoms with E-state index in [1.165, 1.54) is 0 Å². The Labute approximate surface area is 109 Å². The minimum Gasteiger partial charge on any atom is -0.224 e. The number of sulfone groups is 1. The van der Waals surface area contributed by atoms with E-state index in [1.54, 1.807) is 12.1 Å². The molecule has 0 spiro atoms. The second kappa shape index (κ2) is 6.41. The van der Waals surface area contributed by atoms with Gasteiger partial charge in [0.2, 0.25) is 0 Å². The lowest BCUT2D eigenvalue weighted by Gasteiger charge is -2.07. The van der Waals surface area contributed by atoms with Crippen LogP contribution in [0.5, 0.6) is 0 Å². The van der Waals surface area contributed by atoms with Crippen LogP contribution in [0.15, 0.2) is 29.2 Å². The van der Waals surface area contributed by atoms with Gasteiger partial charge in [0.1, 0.15) is 0 Å². The van der Waals surface area contributed by atoms with Crippen molar-refractivity contribution in [3.05, 3.63) is 29.8 Å². The van der Waals surface area contributed by atoms with Crippen molar-refractivity contribution in [2.24, 2.45) is 0 Å². The molecule has 0 fully saturated rings. The number of rotatable bonds is 6. The number of alkyl halides is 1. The van der Waals surface area contributed by atoms with Crippen LogP contribution in [0.2, 0.25) is 0 Å². The smallest absolute Gasteiger partial charge is 0.178 e. The topological polar surface area (TPSA) is 34.1 Å². The highest BCUT2D eigenvalue weighted by atomic mass is 35.5. The Hall–Kier alpha value is -0.540. The summed E-state index contributed by atoms with van der Waals surface area (Å²) in [6.45, 7) is 3.91. The first kappa shape index (κ1) is 14.5. The summed E-state index contributed by atoms with van der Waals surface area (Å²) >= 11 is 6.06. The molecule has 0 amide bonds. The second-order valence-corrected chi connectivity index (χ2v) is 6.90. The molecular weight excluding hydrogens is 256 g/mol. The molecule has 0 N–H and O–H groups in total. The van der Waals surface area contributed by atoms with E-state index >= 15 is 0 Å². The third-order valence-electron chi connectivity index (χ3n) is 2.66. The van der Waals surface area contributed by atoms with Gasteiger partial charge in [-0.15, -0.1) is 11.6 Å². The molecule has 96 valence electrons. The van der Waals surface area contributed by atoms with Gasteiger partial charge in [0.15, 0.2) is 9.84 Å². The van der Waals surface area contributed by atoms with E-state index in [4.69, 9.17) is 11.6 Å². The van der Waals surface area contributed by atoms with Crippen molar-refractivity contribution in [3.63, 3.8) is 0 Å². The summed E-state index contributed by atoms with van der Waals surface area (Å²) in [5.41, 5.74) is 1.09. The summed E-state index contributed by atoms with van der Waals surface area (Å²) in [5.74, 6) is 0.208. The summed E-state index contributed by atoms with van der Waals surface area (Å²) in [4.78, 5) is 0.408. The van der Waals surface area contributed by atoms with E-state index in [0.29, 0.717) is 11.3 Å². The summed E-state index contributed by atoms with van der Waals surface area (Å²) in [5, 5.41) is 0.119. The lowest BCUT2D eigenvalue weighted by atomic mass is 10.1. The molecule has 1 aromatic carbocycles. The van der Waals surface area contributed by atoms with E-state index in [1.807, 2.05) is 26.0 Å². The van der Waals surface area contributed by atoms with Gasteiger partial charge in [-0.3, -0.25) is 0 Å². The summed E-state index contributed by atoms with van der Waals surface area (Å²) < 4.78 is 23.6. The Kier molecular flexibility index (Phi) is 5.47. The van der Waals surface area contributed by atoms with Gasteiger partial charge in [-0.05, 0) is 37.0 Å². The zero-order chi connectivity index (χ0) is 12.9. The minimum atomic E-state index is -3.09. The van der Waals surface area contributed by atoms with Gasteiger partial charge in [0.25, 0.3) is 0 Å². The highest BCUT2D eigenvalue weighted by Crippen LogP contribution is 2.16. The fraction of sp³-hybridized carbons (Fsp3) is 0.538. The molecule has 17 heavy (non-hydrogen) atoms. The van der Waals surface area contributed by atoms with E-state index in [0.717, 1.165) is 18.4 Å². The Morgan fingerprint density at radius 1 is 1.18 bits per heavy atom. The number of hydrogen-bond acceptors (Lipinski definition) is 2. The van der Waals surface area contributed by atoms with Crippen LogP contribution < -0.4 is 0 Å². The summed E-state index contributed by atoms with van der Waals surface area (Å²) in [7, 11) is -3.09. The number of benzene rings is 1. The Balaban J connectivity index is 2.81. The Bertz CT molecular complexity index is 437. The van der Waals surface area contributed by atoms with E-state index in [-0.39, 0.29) is 11.1 Å². The van der Waals surface area contributed by atoms with Gasteiger partial charge in [-0.25, -0.2) is 8.42 Å². The molecule has 0 aromatic heterocycles. The zero-order valence-electron chi connectivity index (χ0n) is 10.3. The second-order valence-electron chi connectivity index (χ2n) is 4.17. The monoisotopic (exact) mass is 274 g/mol. The van der Waals surface area contributed by atoms with Crippen LogP contribution >= 0.6 is 11.6 Å². The third-order valence-corrected chi connectivity index (χ3v) is 5.05. The molecule has 0 heterocycles. The number of hydrogen-bond donors (Lipinski definition) is 0. The van der Waals surface area contributed by atoms with Gasteiger partial charge in [0, 0.05) is 5.38 Å². The third kappa shape index (κ3) is 4.32. The van der Waals surface area contributed by atoms with Gasteiger partial charge < -0.3 is 0 Å². The zero-order valence-corrected chi connectivity index (χ0v) is 11.9. The Morgan fingerprint density at radius 2 is 1.76 bits per heavy atom. The number of halogens is 1. The molecule has 0 saturated heterocycles. The SMILES string of the molecule is CCCS(=O)(=O)c1ccc(CC(Cl)CC)cc1. The first-order valence-electron chi connectivity index (χ1n) is 5.95. The molecular formula is C13H19ClO2S. The van der Waals surface area contributed by atoms with Crippen LogP contribution in [-0.4, -0.2) is 19.5 Å². The van der Waals surface area contributed by atoms with Crippen molar-refractivity contribution in [1.82, 2.24) is 0 Å². The van der Waals surface area contributed by atoms with Crippen LogP contribution in [0.1, 0.15) is 32.3 Å². The van der Waals surface area contributed by atoms with Crippen molar-refractivity contribution in [2.75, 3.05) is 5.75 Å². The Morgan fingerprint density at radius 3 is 2.24 bits per heavy atom. The minimum absolute atomic E-state index is 0.119. The molecule has 1 rings (SSSR count). The van der Waals surface area contributed by atoms with Crippen molar-refractivity contribution in [3.8, 4) is 0 Å². The van der Waals surface area contributed by atoms with Crippen LogP contribution in [-0.2, 0) is 16.3 Å². The van der Waals surface area contributed by atoms with Crippen molar-refractivity contribution >= 4 is 21.4 Å². The quantitative estimate of drug-likeness (QED) is 0.745. The summed E-state index contributed by atoms with van der Waals surface area (Å²) in [6, 6.07) is 7.07. The molecule has 0 aliphatic carbocycles. The van der Waals surface area contributed by atoms with Crippen LogP contribution in [0.25, 0.3) is 0 Å². The molecule has 1 aromatic rings.